The van der Waals surface area contributed by atoms with Crippen molar-refractivity contribution in [2.75, 3.05) is 11.6 Å². The van der Waals surface area contributed by atoms with Gasteiger partial charge in [0.1, 0.15) is 0 Å². The average molecular weight is 424 g/mol. The molecular formula is C19H22ClN3O4S. The lowest BCUT2D eigenvalue weighted by molar-refractivity contribution is -0.118. The molecule has 2 N–H and O–H groups in total. The number of amides is 1. The molecule has 7 nitrogen and oxygen atoms in total. The summed E-state index contributed by atoms with van der Waals surface area (Å²) in [6.07, 6.45) is 7.97. The number of aromatic nitrogens is 2. The molecular weight excluding hydrogens is 402 g/mol. The first-order chi connectivity index (χ1) is 13.3. The number of aliphatic hydroxyl groups excluding tert-OH is 1. The smallest absolute Gasteiger partial charge is 0.233 e. The summed E-state index contributed by atoms with van der Waals surface area (Å²) in [4.78, 5) is 21.0. The van der Waals surface area contributed by atoms with Crippen molar-refractivity contribution in [3.8, 4) is 0 Å². The van der Waals surface area contributed by atoms with Crippen molar-refractivity contribution in [2.24, 2.45) is 5.92 Å². The van der Waals surface area contributed by atoms with Gasteiger partial charge in [-0.05, 0) is 42.9 Å². The third-order valence-electron chi connectivity index (χ3n) is 5.05. The third-order valence-corrected chi connectivity index (χ3v) is 6.63. The topological polar surface area (TPSA) is 109 Å². The maximum Gasteiger partial charge on any atom is 0.233 e. The summed E-state index contributed by atoms with van der Waals surface area (Å²) in [6.45, 7) is 0. The van der Waals surface area contributed by atoms with Crippen LogP contribution in [0.25, 0.3) is 0 Å². The van der Waals surface area contributed by atoms with Crippen molar-refractivity contribution in [2.45, 2.75) is 42.6 Å². The normalized spacial score (nSPS) is 20.7. The van der Waals surface area contributed by atoms with Crippen LogP contribution in [0.2, 0.25) is 5.02 Å². The van der Waals surface area contributed by atoms with Crippen molar-refractivity contribution in [1.82, 2.24) is 9.97 Å². The van der Waals surface area contributed by atoms with Gasteiger partial charge in [0.15, 0.2) is 15.7 Å². The Bertz CT molecular complexity index is 953. The van der Waals surface area contributed by atoms with Crippen molar-refractivity contribution < 1.29 is 18.3 Å². The van der Waals surface area contributed by atoms with Crippen LogP contribution in [0.1, 0.15) is 37.2 Å². The molecule has 1 aliphatic rings. The molecule has 9 heteroatoms. The summed E-state index contributed by atoms with van der Waals surface area (Å²) < 4.78 is 23.6. The van der Waals surface area contributed by atoms with E-state index < -0.39 is 21.9 Å². The molecule has 3 rings (SSSR count). The van der Waals surface area contributed by atoms with E-state index >= 15 is 0 Å². The largest absolute Gasteiger partial charge is 0.393 e. The maximum absolute atomic E-state index is 13.0. The summed E-state index contributed by atoms with van der Waals surface area (Å²) in [5.41, 5.74) is 0.595. The minimum atomic E-state index is -3.47. The van der Waals surface area contributed by atoms with Gasteiger partial charge in [-0.15, -0.1) is 0 Å². The van der Waals surface area contributed by atoms with Gasteiger partial charge in [-0.1, -0.05) is 24.1 Å². The van der Waals surface area contributed by atoms with Crippen LogP contribution >= 0.6 is 11.6 Å². The van der Waals surface area contributed by atoms with E-state index in [-0.39, 0.29) is 21.7 Å². The van der Waals surface area contributed by atoms with E-state index in [4.69, 9.17) is 11.6 Å². The number of hydrogen-bond acceptors (Lipinski definition) is 6. The minimum absolute atomic E-state index is 0.00836. The molecule has 1 aromatic heterocycles. The van der Waals surface area contributed by atoms with E-state index in [2.05, 4.69) is 15.3 Å². The SMILES string of the molecule is CS(=O)(=O)c1ccc(C(CC2CCCC2O)C(=O)Nc2cnccn2)cc1Cl. The number of rotatable bonds is 6. The van der Waals surface area contributed by atoms with Gasteiger partial charge in [0.25, 0.3) is 0 Å². The van der Waals surface area contributed by atoms with Crippen LogP contribution in [0.4, 0.5) is 5.82 Å². The van der Waals surface area contributed by atoms with Crippen molar-refractivity contribution in [3.63, 3.8) is 0 Å². The molecule has 3 atom stereocenters. The van der Waals surface area contributed by atoms with Gasteiger partial charge in [0.05, 0.1) is 28.1 Å². The van der Waals surface area contributed by atoms with E-state index in [0.717, 1.165) is 25.5 Å². The Kier molecular flexibility index (Phi) is 6.32. The minimum Gasteiger partial charge on any atom is -0.393 e. The summed E-state index contributed by atoms with van der Waals surface area (Å²) in [5, 5.41) is 13.0. The molecule has 1 aliphatic carbocycles. The number of carbonyl (C=O) groups is 1. The van der Waals surface area contributed by atoms with Crippen LogP contribution in [-0.4, -0.2) is 41.8 Å². The Morgan fingerprint density at radius 3 is 2.71 bits per heavy atom. The summed E-state index contributed by atoms with van der Waals surface area (Å²) >= 11 is 6.19. The van der Waals surface area contributed by atoms with Crippen LogP contribution < -0.4 is 5.32 Å². The van der Waals surface area contributed by atoms with Gasteiger partial charge in [-0.3, -0.25) is 9.78 Å². The molecule has 1 fully saturated rings. The Balaban J connectivity index is 1.91. The second kappa shape index (κ2) is 8.55. The van der Waals surface area contributed by atoms with E-state index in [1.54, 1.807) is 6.07 Å². The number of hydrogen-bond donors (Lipinski definition) is 2. The van der Waals surface area contributed by atoms with Gasteiger partial charge >= 0.3 is 0 Å². The van der Waals surface area contributed by atoms with Gasteiger partial charge in [0.2, 0.25) is 5.91 Å². The van der Waals surface area contributed by atoms with Crippen molar-refractivity contribution in [3.05, 3.63) is 47.4 Å². The quantitative estimate of drug-likeness (QED) is 0.739. The van der Waals surface area contributed by atoms with Gasteiger partial charge in [-0.2, -0.15) is 0 Å². The van der Waals surface area contributed by atoms with Crippen LogP contribution in [0.3, 0.4) is 0 Å². The average Bonchev–Trinajstić information content (AvgIpc) is 3.04. The van der Waals surface area contributed by atoms with E-state index in [9.17, 15) is 18.3 Å². The number of sulfone groups is 1. The zero-order valence-corrected chi connectivity index (χ0v) is 16.9. The lowest BCUT2D eigenvalue weighted by Gasteiger charge is -2.23. The van der Waals surface area contributed by atoms with Gasteiger partial charge in [-0.25, -0.2) is 13.4 Å². The highest BCUT2D eigenvalue weighted by molar-refractivity contribution is 7.90. The summed E-state index contributed by atoms with van der Waals surface area (Å²) in [5.74, 6) is -0.595. The molecule has 3 unspecified atom stereocenters. The molecule has 0 bridgehead atoms. The fourth-order valence-corrected chi connectivity index (χ4v) is 4.94. The number of aliphatic hydroxyl groups is 1. The van der Waals surface area contributed by atoms with E-state index in [1.165, 1.54) is 30.7 Å². The third kappa shape index (κ3) is 4.87. The first-order valence-corrected chi connectivity index (χ1v) is 11.3. The number of nitrogens with zero attached hydrogens (tertiary/aromatic N) is 2. The predicted octanol–water partition coefficient (Wildman–Crippen LogP) is 2.81. The molecule has 1 aromatic carbocycles. The Morgan fingerprint density at radius 2 is 2.14 bits per heavy atom. The molecule has 1 amide bonds. The van der Waals surface area contributed by atoms with E-state index in [1.807, 2.05) is 0 Å². The number of anilines is 1. The summed E-state index contributed by atoms with van der Waals surface area (Å²) in [6, 6.07) is 4.53. The van der Waals surface area contributed by atoms with Crippen molar-refractivity contribution >= 4 is 33.2 Å². The number of benzene rings is 1. The van der Waals surface area contributed by atoms with Crippen LogP contribution in [0, 0.1) is 5.92 Å². The molecule has 0 radical (unpaired) electrons. The first-order valence-electron chi connectivity index (χ1n) is 9.00. The van der Waals surface area contributed by atoms with Crippen molar-refractivity contribution in [1.29, 1.82) is 0 Å². The number of nitrogens with one attached hydrogen (secondary N) is 1. The molecule has 150 valence electrons. The lowest BCUT2D eigenvalue weighted by atomic mass is 9.86. The monoisotopic (exact) mass is 423 g/mol. The fraction of sp³-hybridized carbons (Fsp3) is 0.421. The zero-order chi connectivity index (χ0) is 20.3. The Morgan fingerprint density at radius 1 is 1.36 bits per heavy atom. The molecule has 28 heavy (non-hydrogen) atoms. The molecule has 0 spiro atoms. The second-order valence-corrected chi connectivity index (χ2v) is 9.48. The fourth-order valence-electron chi connectivity index (χ4n) is 3.60. The van der Waals surface area contributed by atoms with Crippen LogP contribution in [-0.2, 0) is 14.6 Å². The molecule has 0 saturated heterocycles. The first kappa shape index (κ1) is 20.7. The highest BCUT2D eigenvalue weighted by Crippen LogP contribution is 2.36. The Hall–Kier alpha value is -2.03. The van der Waals surface area contributed by atoms with Crippen LogP contribution in [0.15, 0.2) is 41.7 Å². The lowest BCUT2D eigenvalue weighted by Crippen LogP contribution is -2.26. The highest BCUT2D eigenvalue weighted by atomic mass is 35.5. The van der Waals surface area contributed by atoms with E-state index in [0.29, 0.717) is 17.8 Å². The standard InChI is InChI=1S/C19H22ClN3O4S/c1-28(26,27)17-6-5-12(10-15(17)20)14(9-13-3-2-4-16(13)24)19(25)23-18-11-21-7-8-22-18/h5-8,10-11,13-14,16,24H,2-4,9H2,1H3,(H,22,23,25). The number of carbonyl (C=O) groups excluding carboxylic acids is 1. The zero-order valence-electron chi connectivity index (χ0n) is 15.4. The molecule has 2 aromatic rings. The summed E-state index contributed by atoms with van der Waals surface area (Å²) in [7, 11) is -3.47. The molecule has 1 saturated carbocycles. The second-order valence-electron chi connectivity index (χ2n) is 7.09. The molecule has 0 aliphatic heterocycles. The highest BCUT2D eigenvalue weighted by Gasteiger charge is 2.32. The van der Waals surface area contributed by atoms with Gasteiger partial charge < -0.3 is 10.4 Å². The Labute approximate surface area is 169 Å². The molecule has 1 heterocycles. The predicted molar refractivity (Wildman–Crippen MR) is 106 cm³/mol. The maximum atomic E-state index is 13.0. The number of halogens is 1. The van der Waals surface area contributed by atoms with Gasteiger partial charge in [0, 0.05) is 18.6 Å². The van der Waals surface area contributed by atoms with Crippen LogP contribution in [0.5, 0.6) is 0 Å².